The zero-order valence-electron chi connectivity index (χ0n) is 9.10. The fourth-order valence-electron chi connectivity index (χ4n) is 2.23. The number of rotatable bonds is 2. The molecule has 1 aliphatic rings. The standard InChI is InChI=1S/C13H11NO3/c15-12-6-8(13(16)14-12)5-9-7-17-11-4-2-1-3-10(9)11/h1-4,7-8H,5-6H2,(H,14,15,16). The molecule has 1 aromatic heterocycles. The molecule has 1 N–H and O–H groups in total. The van der Waals surface area contributed by atoms with Gasteiger partial charge >= 0.3 is 0 Å². The van der Waals surface area contributed by atoms with Gasteiger partial charge in [-0.2, -0.15) is 0 Å². The van der Waals surface area contributed by atoms with E-state index in [-0.39, 0.29) is 24.2 Å². The lowest BCUT2D eigenvalue weighted by molar-refractivity contribution is -0.125. The Labute approximate surface area is 97.6 Å². The molecular formula is C13H11NO3. The lowest BCUT2D eigenvalue weighted by Gasteiger charge is -2.03. The van der Waals surface area contributed by atoms with Crippen molar-refractivity contribution in [2.45, 2.75) is 12.8 Å². The fraction of sp³-hybridized carbons (Fsp3) is 0.231. The number of imide groups is 1. The highest BCUT2D eigenvalue weighted by Crippen LogP contribution is 2.25. The number of carbonyl (C=O) groups is 2. The second-order valence-corrected chi connectivity index (χ2v) is 4.27. The van der Waals surface area contributed by atoms with Crippen LogP contribution >= 0.6 is 0 Å². The summed E-state index contributed by atoms with van der Waals surface area (Å²) in [5.74, 6) is -0.628. The molecule has 2 aromatic rings. The van der Waals surface area contributed by atoms with Gasteiger partial charge in [-0.1, -0.05) is 18.2 Å². The van der Waals surface area contributed by atoms with Crippen LogP contribution in [-0.2, 0) is 16.0 Å². The quantitative estimate of drug-likeness (QED) is 0.796. The van der Waals surface area contributed by atoms with E-state index in [1.54, 1.807) is 6.26 Å². The van der Waals surface area contributed by atoms with Crippen molar-refractivity contribution >= 4 is 22.8 Å². The molecule has 1 unspecified atom stereocenters. The summed E-state index contributed by atoms with van der Waals surface area (Å²) in [6.07, 6.45) is 2.49. The maximum Gasteiger partial charge on any atom is 0.230 e. The lowest BCUT2D eigenvalue weighted by Crippen LogP contribution is -2.22. The molecule has 1 aliphatic heterocycles. The van der Waals surface area contributed by atoms with Crippen LogP contribution in [-0.4, -0.2) is 11.8 Å². The number of benzene rings is 1. The number of para-hydroxylation sites is 1. The van der Waals surface area contributed by atoms with Gasteiger partial charge in [-0.05, 0) is 18.1 Å². The maximum absolute atomic E-state index is 11.5. The van der Waals surface area contributed by atoms with Gasteiger partial charge in [-0.3, -0.25) is 14.9 Å². The summed E-state index contributed by atoms with van der Waals surface area (Å²) in [5.41, 5.74) is 1.79. The first-order valence-electron chi connectivity index (χ1n) is 5.53. The zero-order chi connectivity index (χ0) is 11.8. The summed E-state index contributed by atoms with van der Waals surface area (Å²) >= 11 is 0. The van der Waals surface area contributed by atoms with Crippen LogP contribution in [0.2, 0.25) is 0 Å². The average molecular weight is 229 g/mol. The molecular weight excluding hydrogens is 218 g/mol. The number of furan rings is 1. The van der Waals surface area contributed by atoms with E-state index in [2.05, 4.69) is 5.32 Å². The lowest BCUT2D eigenvalue weighted by atomic mass is 9.97. The van der Waals surface area contributed by atoms with E-state index < -0.39 is 0 Å². The third kappa shape index (κ3) is 1.71. The summed E-state index contributed by atoms with van der Waals surface area (Å²) in [6.45, 7) is 0. The Kier molecular flexibility index (Phi) is 2.21. The van der Waals surface area contributed by atoms with Gasteiger partial charge < -0.3 is 4.42 Å². The van der Waals surface area contributed by atoms with Crippen molar-refractivity contribution in [3.8, 4) is 0 Å². The van der Waals surface area contributed by atoms with E-state index in [0.717, 1.165) is 16.5 Å². The highest BCUT2D eigenvalue weighted by molar-refractivity contribution is 6.03. The van der Waals surface area contributed by atoms with E-state index >= 15 is 0 Å². The topological polar surface area (TPSA) is 59.3 Å². The van der Waals surface area contributed by atoms with Gasteiger partial charge in [0.15, 0.2) is 0 Å². The van der Waals surface area contributed by atoms with Gasteiger partial charge in [0, 0.05) is 11.8 Å². The van der Waals surface area contributed by atoms with Crippen molar-refractivity contribution in [1.29, 1.82) is 0 Å². The highest BCUT2D eigenvalue weighted by atomic mass is 16.3. The third-order valence-corrected chi connectivity index (χ3v) is 3.09. The predicted molar refractivity (Wildman–Crippen MR) is 61.2 cm³/mol. The van der Waals surface area contributed by atoms with E-state index in [0.29, 0.717) is 6.42 Å². The number of amides is 2. The fourth-order valence-corrected chi connectivity index (χ4v) is 2.23. The predicted octanol–water partition coefficient (Wildman–Crippen LogP) is 1.64. The first-order valence-corrected chi connectivity index (χ1v) is 5.53. The molecule has 17 heavy (non-hydrogen) atoms. The van der Waals surface area contributed by atoms with Gasteiger partial charge in [-0.15, -0.1) is 0 Å². The smallest absolute Gasteiger partial charge is 0.230 e. The van der Waals surface area contributed by atoms with Gasteiger partial charge in [0.1, 0.15) is 5.58 Å². The van der Waals surface area contributed by atoms with Gasteiger partial charge in [0.05, 0.1) is 12.2 Å². The molecule has 1 aromatic carbocycles. The molecule has 0 radical (unpaired) electrons. The van der Waals surface area contributed by atoms with Crippen LogP contribution < -0.4 is 5.32 Å². The van der Waals surface area contributed by atoms with Crippen molar-refractivity contribution < 1.29 is 14.0 Å². The van der Waals surface area contributed by atoms with E-state index in [9.17, 15) is 9.59 Å². The minimum atomic E-state index is -0.261. The molecule has 0 spiro atoms. The van der Waals surface area contributed by atoms with Gasteiger partial charge in [0.25, 0.3) is 0 Å². The summed E-state index contributed by atoms with van der Waals surface area (Å²) < 4.78 is 5.40. The highest BCUT2D eigenvalue weighted by Gasteiger charge is 2.31. The number of carbonyl (C=O) groups excluding carboxylic acids is 2. The van der Waals surface area contributed by atoms with Crippen molar-refractivity contribution in [2.75, 3.05) is 0 Å². The number of hydrogen-bond donors (Lipinski definition) is 1. The first-order chi connectivity index (χ1) is 8.24. The van der Waals surface area contributed by atoms with Gasteiger partial charge in [-0.25, -0.2) is 0 Å². The minimum absolute atomic E-state index is 0.180. The monoisotopic (exact) mass is 229 g/mol. The first kappa shape index (κ1) is 10.1. The molecule has 1 atom stereocenters. The Balaban J connectivity index is 1.90. The Morgan fingerprint density at radius 2 is 2.12 bits per heavy atom. The normalized spacial score (nSPS) is 19.9. The molecule has 0 saturated carbocycles. The second kappa shape index (κ2) is 3.73. The molecule has 2 amide bonds. The van der Waals surface area contributed by atoms with Crippen LogP contribution in [0.15, 0.2) is 34.9 Å². The summed E-state index contributed by atoms with van der Waals surface area (Å²) in [5, 5.41) is 3.33. The number of nitrogens with one attached hydrogen (secondary N) is 1. The Hall–Kier alpha value is -2.10. The third-order valence-electron chi connectivity index (χ3n) is 3.09. The van der Waals surface area contributed by atoms with Gasteiger partial charge in [0.2, 0.25) is 11.8 Å². The van der Waals surface area contributed by atoms with Crippen molar-refractivity contribution in [2.24, 2.45) is 5.92 Å². The molecule has 4 heteroatoms. The Morgan fingerprint density at radius 3 is 2.88 bits per heavy atom. The number of fused-ring (bicyclic) bond motifs is 1. The molecule has 86 valence electrons. The van der Waals surface area contributed by atoms with Crippen molar-refractivity contribution in [1.82, 2.24) is 5.32 Å². The van der Waals surface area contributed by atoms with E-state index in [4.69, 9.17) is 4.42 Å². The van der Waals surface area contributed by atoms with Crippen LogP contribution in [0.3, 0.4) is 0 Å². The van der Waals surface area contributed by atoms with Crippen LogP contribution in [0.1, 0.15) is 12.0 Å². The van der Waals surface area contributed by atoms with E-state index in [1.807, 2.05) is 24.3 Å². The largest absolute Gasteiger partial charge is 0.464 e. The average Bonchev–Trinajstić information content (AvgIpc) is 2.85. The second-order valence-electron chi connectivity index (χ2n) is 4.27. The molecule has 4 nitrogen and oxygen atoms in total. The molecule has 1 saturated heterocycles. The molecule has 0 bridgehead atoms. The van der Waals surface area contributed by atoms with Crippen molar-refractivity contribution in [3.05, 3.63) is 36.1 Å². The number of hydrogen-bond acceptors (Lipinski definition) is 3. The summed E-state index contributed by atoms with van der Waals surface area (Å²) in [6, 6.07) is 7.68. The van der Waals surface area contributed by atoms with Crippen LogP contribution in [0.4, 0.5) is 0 Å². The molecule has 0 aliphatic carbocycles. The summed E-state index contributed by atoms with van der Waals surface area (Å²) in [7, 11) is 0. The molecule has 2 heterocycles. The Bertz CT molecular complexity index is 599. The van der Waals surface area contributed by atoms with Crippen molar-refractivity contribution in [3.63, 3.8) is 0 Å². The maximum atomic E-state index is 11.5. The van der Waals surface area contributed by atoms with E-state index in [1.165, 1.54) is 0 Å². The summed E-state index contributed by atoms with van der Waals surface area (Å²) in [4.78, 5) is 22.6. The van der Waals surface area contributed by atoms with Crippen LogP contribution in [0.25, 0.3) is 11.0 Å². The zero-order valence-corrected chi connectivity index (χ0v) is 9.10. The van der Waals surface area contributed by atoms with Crippen LogP contribution in [0.5, 0.6) is 0 Å². The minimum Gasteiger partial charge on any atom is -0.464 e. The Morgan fingerprint density at radius 1 is 1.29 bits per heavy atom. The SMILES string of the molecule is O=C1CC(Cc2coc3ccccc23)C(=O)N1. The molecule has 3 rings (SSSR count). The van der Waals surface area contributed by atoms with Crippen LogP contribution in [0, 0.1) is 5.92 Å². The molecule has 1 fully saturated rings.